The van der Waals surface area contributed by atoms with E-state index in [1.165, 1.54) is 5.56 Å². The van der Waals surface area contributed by atoms with Gasteiger partial charge in [-0.05, 0) is 29.5 Å². The van der Waals surface area contributed by atoms with E-state index >= 15 is 0 Å². The molecule has 1 N–H and O–H groups in total. The third-order valence-corrected chi connectivity index (χ3v) is 5.12. The van der Waals surface area contributed by atoms with Gasteiger partial charge >= 0.3 is 0 Å². The number of carbonyl (C=O) groups is 1. The van der Waals surface area contributed by atoms with Gasteiger partial charge in [0.1, 0.15) is 0 Å². The third-order valence-electron chi connectivity index (χ3n) is 5.12. The van der Waals surface area contributed by atoms with Crippen LogP contribution in [0.25, 0.3) is 0 Å². The maximum absolute atomic E-state index is 12.7. The molecule has 0 saturated carbocycles. The van der Waals surface area contributed by atoms with Gasteiger partial charge in [-0.3, -0.25) is 9.69 Å². The summed E-state index contributed by atoms with van der Waals surface area (Å²) in [4.78, 5) is 17.3. The van der Waals surface area contributed by atoms with Crippen molar-refractivity contribution in [3.8, 4) is 0 Å². The molecule has 1 atom stereocenters. The average Bonchev–Trinajstić information content (AvgIpc) is 3.04. The molecule has 0 bridgehead atoms. The highest BCUT2D eigenvalue weighted by Crippen LogP contribution is 2.23. The summed E-state index contributed by atoms with van der Waals surface area (Å²) in [5.41, 5.74) is 2.22. The summed E-state index contributed by atoms with van der Waals surface area (Å²) in [6.45, 7) is 12.7. The molecule has 3 rings (SSSR count). The summed E-state index contributed by atoms with van der Waals surface area (Å²) in [6, 6.07) is 8.70. The van der Waals surface area contributed by atoms with E-state index in [1.54, 1.807) is 0 Å². The van der Waals surface area contributed by atoms with Crippen molar-refractivity contribution in [1.29, 1.82) is 0 Å². The van der Waals surface area contributed by atoms with Crippen LogP contribution in [-0.4, -0.2) is 61.0 Å². The first-order valence-electron chi connectivity index (χ1n) is 8.80. The highest BCUT2D eigenvalue weighted by atomic mass is 16.2. The Labute approximate surface area is 139 Å². The van der Waals surface area contributed by atoms with Crippen LogP contribution < -0.4 is 5.32 Å². The van der Waals surface area contributed by atoms with Gasteiger partial charge in [-0.15, -0.1) is 0 Å². The summed E-state index contributed by atoms with van der Waals surface area (Å²) in [6.07, 6.45) is 1.10. The molecule has 2 aliphatic rings. The first-order valence-corrected chi connectivity index (χ1v) is 8.80. The molecule has 2 fully saturated rings. The second-order valence-electron chi connectivity index (χ2n) is 7.81. The fourth-order valence-electron chi connectivity index (χ4n) is 3.57. The second-order valence-corrected chi connectivity index (χ2v) is 7.81. The molecule has 2 aliphatic heterocycles. The molecule has 2 heterocycles. The molecule has 4 heteroatoms. The lowest BCUT2D eigenvalue weighted by Crippen LogP contribution is -2.49. The third kappa shape index (κ3) is 3.75. The lowest BCUT2D eigenvalue weighted by molar-refractivity contribution is 0.0773. The van der Waals surface area contributed by atoms with E-state index in [9.17, 15) is 4.79 Å². The van der Waals surface area contributed by atoms with Crippen LogP contribution in [0.15, 0.2) is 24.3 Å². The molecule has 0 aliphatic carbocycles. The van der Waals surface area contributed by atoms with Crippen molar-refractivity contribution < 1.29 is 4.79 Å². The molecule has 1 unspecified atom stereocenters. The number of benzene rings is 1. The van der Waals surface area contributed by atoms with Gasteiger partial charge in [0.2, 0.25) is 0 Å². The number of rotatable bonds is 2. The van der Waals surface area contributed by atoms with Crippen LogP contribution in [0.1, 0.15) is 43.1 Å². The van der Waals surface area contributed by atoms with E-state index in [1.807, 2.05) is 17.0 Å². The fourth-order valence-corrected chi connectivity index (χ4v) is 3.57. The number of carbonyl (C=O) groups excluding carboxylic acids is 1. The molecule has 23 heavy (non-hydrogen) atoms. The first-order chi connectivity index (χ1) is 10.9. The van der Waals surface area contributed by atoms with Crippen molar-refractivity contribution in [2.45, 2.75) is 38.6 Å². The van der Waals surface area contributed by atoms with Gasteiger partial charge in [-0.25, -0.2) is 0 Å². The second kappa shape index (κ2) is 6.62. The van der Waals surface area contributed by atoms with Gasteiger partial charge in [0.05, 0.1) is 0 Å². The Bertz CT molecular complexity index is 541. The Balaban J connectivity index is 1.62. The summed E-state index contributed by atoms with van der Waals surface area (Å²) in [5, 5.41) is 3.39. The van der Waals surface area contributed by atoms with Crippen molar-refractivity contribution in [3.63, 3.8) is 0 Å². The molecule has 0 spiro atoms. The van der Waals surface area contributed by atoms with Gasteiger partial charge < -0.3 is 10.2 Å². The number of nitrogens with one attached hydrogen (secondary N) is 1. The molecule has 1 amide bonds. The number of likely N-dealkylation sites (tertiary alicyclic amines) is 1. The van der Waals surface area contributed by atoms with Crippen LogP contribution in [0.3, 0.4) is 0 Å². The van der Waals surface area contributed by atoms with Gasteiger partial charge in [0.25, 0.3) is 5.91 Å². The summed E-state index contributed by atoms with van der Waals surface area (Å²) < 4.78 is 0. The van der Waals surface area contributed by atoms with Gasteiger partial charge in [-0.2, -0.15) is 0 Å². The summed E-state index contributed by atoms with van der Waals surface area (Å²) >= 11 is 0. The molecular weight excluding hydrogens is 286 g/mol. The average molecular weight is 315 g/mol. The number of hydrogen-bond acceptors (Lipinski definition) is 3. The zero-order valence-electron chi connectivity index (χ0n) is 14.6. The largest absolute Gasteiger partial charge is 0.337 e. The van der Waals surface area contributed by atoms with E-state index in [4.69, 9.17) is 0 Å². The quantitative estimate of drug-likeness (QED) is 0.908. The standard InChI is InChI=1S/C19H29N3O/c1-19(2,3)16-6-4-15(5-7-16)18(23)22-11-8-17(14-22)21-12-9-20-10-13-21/h4-7,17,20H,8-14H2,1-3H3. The predicted octanol–water partition coefficient (Wildman–Crippen LogP) is 2.10. The Kier molecular flexibility index (Phi) is 4.74. The molecule has 0 radical (unpaired) electrons. The summed E-state index contributed by atoms with van der Waals surface area (Å²) in [5.74, 6) is 0.183. The van der Waals surface area contributed by atoms with Crippen LogP contribution in [0, 0.1) is 0 Å². The topological polar surface area (TPSA) is 35.6 Å². The van der Waals surface area contributed by atoms with Crippen LogP contribution in [-0.2, 0) is 5.41 Å². The van der Waals surface area contributed by atoms with E-state index in [-0.39, 0.29) is 11.3 Å². The summed E-state index contributed by atoms with van der Waals surface area (Å²) in [7, 11) is 0. The van der Waals surface area contributed by atoms with Crippen LogP contribution in [0.2, 0.25) is 0 Å². The maximum atomic E-state index is 12.7. The minimum absolute atomic E-state index is 0.128. The zero-order chi connectivity index (χ0) is 16.4. The van der Waals surface area contributed by atoms with Crippen molar-refractivity contribution in [2.24, 2.45) is 0 Å². The van der Waals surface area contributed by atoms with Gasteiger partial charge in [-0.1, -0.05) is 32.9 Å². The smallest absolute Gasteiger partial charge is 0.253 e. The van der Waals surface area contributed by atoms with E-state index in [0.29, 0.717) is 6.04 Å². The molecule has 4 nitrogen and oxygen atoms in total. The maximum Gasteiger partial charge on any atom is 0.253 e. The Morgan fingerprint density at radius 3 is 2.35 bits per heavy atom. The van der Waals surface area contributed by atoms with Crippen molar-refractivity contribution in [1.82, 2.24) is 15.1 Å². The Morgan fingerprint density at radius 2 is 1.74 bits per heavy atom. The molecule has 126 valence electrons. The molecule has 0 aromatic heterocycles. The normalized spacial score (nSPS) is 23.3. The molecular formula is C19H29N3O. The fraction of sp³-hybridized carbons (Fsp3) is 0.632. The highest BCUT2D eigenvalue weighted by molar-refractivity contribution is 5.94. The lowest BCUT2D eigenvalue weighted by Gasteiger charge is -2.32. The molecule has 1 aromatic carbocycles. The Hall–Kier alpha value is -1.39. The lowest BCUT2D eigenvalue weighted by atomic mass is 9.86. The van der Waals surface area contributed by atoms with E-state index in [2.05, 4.69) is 43.1 Å². The van der Waals surface area contributed by atoms with Crippen LogP contribution in [0.5, 0.6) is 0 Å². The minimum Gasteiger partial charge on any atom is -0.337 e. The monoisotopic (exact) mass is 315 g/mol. The molecule has 2 saturated heterocycles. The highest BCUT2D eigenvalue weighted by Gasteiger charge is 2.31. The zero-order valence-corrected chi connectivity index (χ0v) is 14.6. The SMILES string of the molecule is CC(C)(C)c1ccc(C(=O)N2CCC(N3CCNCC3)C2)cc1. The minimum atomic E-state index is 0.128. The van der Waals surface area contributed by atoms with Crippen LogP contribution in [0.4, 0.5) is 0 Å². The Morgan fingerprint density at radius 1 is 1.09 bits per heavy atom. The van der Waals surface area contributed by atoms with E-state index < -0.39 is 0 Å². The number of hydrogen-bond donors (Lipinski definition) is 1. The van der Waals surface area contributed by atoms with Crippen molar-refractivity contribution in [2.75, 3.05) is 39.3 Å². The molecule has 1 aromatic rings. The predicted molar refractivity (Wildman–Crippen MR) is 93.9 cm³/mol. The van der Waals surface area contributed by atoms with Crippen molar-refractivity contribution >= 4 is 5.91 Å². The first kappa shape index (κ1) is 16.5. The van der Waals surface area contributed by atoms with Crippen molar-refractivity contribution in [3.05, 3.63) is 35.4 Å². The van der Waals surface area contributed by atoms with Crippen LogP contribution >= 0.6 is 0 Å². The number of piperazine rings is 1. The number of amides is 1. The van der Waals surface area contributed by atoms with Gasteiger partial charge in [0.15, 0.2) is 0 Å². The van der Waals surface area contributed by atoms with Gasteiger partial charge in [0, 0.05) is 50.9 Å². The number of nitrogens with zero attached hydrogens (tertiary/aromatic N) is 2. The van der Waals surface area contributed by atoms with E-state index in [0.717, 1.165) is 51.3 Å².